The number of aliphatic hydroxyl groups excluding tert-OH is 1. The van der Waals surface area contributed by atoms with Crippen LogP contribution in [0.2, 0.25) is 0 Å². The van der Waals surface area contributed by atoms with Crippen LogP contribution in [0.4, 0.5) is 14.9 Å². The Hall–Kier alpha value is -1.14. The maximum Gasteiger partial charge on any atom is 0.322 e. The molecule has 1 aromatic carbocycles. The van der Waals surface area contributed by atoms with Crippen LogP contribution in [-0.4, -0.2) is 35.2 Å². The van der Waals surface area contributed by atoms with Gasteiger partial charge in [0, 0.05) is 11.0 Å². The van der Waals surface area contributed by atoms with Crippen molar-refractivity contribution >= 4 is 27.6 Å². The summed E-state index contributed by atoms with van der Waals surface area (Å²) in [5, 5.41) is 12.1. The van der Waals surface area contributed by atoms with E-state index in [1.165, 1.54) is 12.1 Å². The summed E-state index contributed by atoms with van der Waals surface area (Å²) in [4.78, 5) is 13.9. The van der Waals surface area contributed by atoms with E-state index in [0.29, 0.717) is 16.7 Å². The van der Waals surface area contributed by atoms with Crippen LogP contribution in [0.25, 0.3) is 0 Å². The number of piperidine rings is 1. The Balaban J connectivity index is 2.12. The van der Waals surface area contributed by atoms with Gasteiger partial charge in [0.15, 0.2) is 0 Å². The van der Waals surface area contributed by atoms with Gasteiger partial charge in [-0.05, 0) is 52.9 Å². The lowest BCUT2D eigenvalue weighted by atomic mass is 9.91. The van der Waals surface area contributed by atoms with E-state index < -0.39 is 5.82 Å². The number of halogens is 2. The molecule has 20 heavy (non-hydrogen) atoms. The molecular formula is C14H18BrFN2O2. The van der Waals surface area contributed by atoms with Crippen molar-refractivity contribution in [2.45, 2.75) is 25.8 Å². The predicted octanol–water partition coefficient (Wildman–Crippen LogP) is 3.21. The van der Waals surface area contributed by atoms with Gasteiger partial charge in [-0.1, -0.05) is 6.92 Å². The van der Waals surface area contributed by atoms with Gasteiger partial charge in [-0.15, -0.1) is 0 Å². The number of urea groups is 1. The Morgan fingerprint density at radius 2 is 2.35 bits per heavy atom. The van der Waals surface area contributed by atoms with Crippen LogP contribution in [0.5, 0.6) is 0 Å². The monoisotopic (exact) mass is 344 g/mol. The Kier molecular flexibility index (Phi) is 4.99. The SMILES string of the molecule is CC1CCCN(C(=O)Nc2cc(F)ccc2Br)C1CO. The summed E-state index contributed by atoms with van der Waals surface area (Å²) in [6, 6.07) is 3.65. The number of carbonyl (C=O) groups excluding carboxylic acids is 1. The van der Waals surface area contributed by atoms with E-state index in [2.05, 4.69) is 21.2 Å². The number of carbonyl (C=O) groups is 1. The molecule has 6 heteroatoms. The maximum absolute atomic E-state index is 13.2. The number of amides is 2. The molecule has 1 saturated heterocycles. The highest BCUT2D eigenvalue weighted by molar-refractivity contribution is 9.10. The van der Waals surface area contributed by atoms with Gasteiger partial charge in [0.1, 0.15) is 5.82 Å². The second kappa shape index (κ2) is 6.54. The van der Waals surface area contributed by atoms with Crippen molar-refractivity contribution in [3.05, 3.63) is 28.5 Å². The number of likely N-dealkylation sites (tertiary alicyclic amines) is 1. The molecule has 2 amide bonds. The first kappa shape index (κ1) is 15.3. The molecule has 1 aromatic rings. The Labute approximate surface area is 126 Å². The van der Waals surface area contributed by atoms with Crippen LogP contribution in [0.1, 0.15) is 19.8 Å². The standard InChI is InChI=1S/C14H18BrFN2O2/c1-9-3-2-6-18(13(9)8-19)14(20)17-12-7-10(16)4-5-11(12)15/h4-5,7,9,13,19H,2-3,6,8H2,1H3,(H,17,20). The van der Waals surface area contributed by atoms with E-state index in [1.54, 1.807) is 11.0 Å². The highest BCUT2D eigenvalue weighted by atomic mass is 79.9. The minimum Gasteiger partial charge on any atom is -0.394 e. The topological polar surface area (TPSA) is 52.6 Å². The third kappa shape index (κ3) is 3.30. The summed E-state index contributed by atoms with van der Waals surface area (Å²) in [6.45, 7) is 2.58. The molecule has 4 nitrogen and oxygen atoms in total. The van der Waals surface area contributed by atoms with Gasteiger partial charge >= 0.3 is 6.03 Å². The first-order valence-electron chi connectivity index (χ1n) is 6.66. The predicted molar refractivity (Wildman–Crippen MR) is 79.1 cm³/mol. The van der Waals surface area contributed by atoms with Gasteiger partial charge in [-0.2, -0.15) is 0 Å². The lowest BCUT2D eigenvalue weighted by Gasteiger charge is -2.38. The number of nitrogens with one attached hydrogen (secondary N) is 1. The third-order valence-corrected chi connectivity index (χ3v) is 4.43. The zero-order valence-corrected chi connectivity index (χ0v) is 12.9. The fraction of sp³-hybridized carbons (Fsp3) is 0.500. The minimum absolute atomic E-state index is 0.0566. The normalized spacial score (nSPS) is 22.7. The van der Waals surface area contributed by atoms with Gasteiger partial charge in [0.05, 0.1) is 18.3 Å². The number of rotatable bonds is 2. The third-order valence-electron chi connectivity index (χ3n) is 3.73. The Bertz CT molecular complexity index is 498. The fourth-order valence-corrected chi connectivity index (χ4v) is 2.91. The zero-order chi connectivity index (χ0) is 14.7. The molecule has 1 heterocycles. The minimum atomic E-state index is -0.408. The number of anilines is 1. The van der Waals surface area contributed by atoms with Gasteiger partial charge in [-0.25, -0.2) is 9.18 Å². The molecule has 1 fully saturated rings. The summed E-state index contributed by atoms with van der Waals surface area (Å²) in [5.41, 5.74) is 0.393. The van der Waals surface area contributed by atoms with E-state index >= 15 is 0 Å². The lowest BCUT2D eigenvalue weighted by molar-refractivity contribution is 0.0811. The molecule has 0 saturated carbocycles. The fourth-order valence-electron chi connectivity index (χ4n) is 2.56. The summed E-state index contributed by atoms with van der Waals surface area (Å²) < 4.78 is 13.8. The van der Waals surface area contributed by atoms with Crippen molar-refractivity contribution in [3.8, 4) is 0 Å². The van der Waals surface area contributed by atoms with Gasteiger partial charge < -0.3 is 15.3 Å². The molecule has 0 aromatic heterocycles. The lowest BCUT2D eigenvalue weighted by Crippen LogP contribution is -2.51. The maximum atomic E-state index is 13.2. The molecule has 1 aliphatic rings. The molecule has 2 N–H and O–H groups in total. The number of benzene rings is 1. The zero-order valence-electron chi connectivity index (χ0n) is 11.3. The van der Waals surface area contributed by atoms with Crippen LogP contribution < -0.4 is 5.32 Å². The van der Waals surface area contributed by atoms with E-state index in [-0.39, 0.29) is 24.6 Å². The molecular weight excluding hydrogens is 327 g/mol. The second-order valence-corrected chi connectivity index (χ2v) is 5.97. The van der Waals surface area contributed by atoms with Crippen LogP contribution in [0.3, 0.4) is 0 Å². The van der Waals surface area contributed by atoms with Crippen LogP contribution in [-0.2, 0) is 0 Å². The van der Waals surface area contributed by atoms with Gasteiger partial charge in [-0.3, -0.25) is 0 Å². The first-order valence-corrected chi connectivity index (χ1v) is 7.45. The second-order valence-electron chi connectivity index (χ2n) is 5.12. The van der Waals surface area contributed by atoms with Crippen molar-refractivity contribution in [2.75, 3.05) is 18.5 Å². The summed E-state index contributed by atoms with van der Waals surface area (Å²) in [5.74, 6) is -0.148. The molecule has 110 valence electrons. The van der Waals surface area contributed by atoms with E-state index in [1.807, 2.05) is 6.92 Å². The van der Waals surface area contributed by atoms with Crippen LogP contribution in [0.15, 0.2) is 22.7 Å². The van der Waals surface area contributed by atoms with Crippen molar-refractivity contribution < 1.29 is 14.3 Å². The van der Waals surface area contributed by atoms with Crippen molar-refractivity contribution in [1.82, 2.24) is 4.90 Å². The largest absolute Gasteiger partial charge is 0.394 e. The average Bonchev–Trinajstić information content (AvgIpc) is 2.42. The van der Waals surface area contributed by atoms with E-state index in [9.17, 15) is 14.3 Å². The molecule has 2 rings (SSSR count). The summed E-state index contributed by atoms with van der Waals surface area (Å²) in [7, 11) is 0. The Morgan fingerprint density at radius 1 is 1.60 bits per heavy atom. The van der Waals surface area contributed by atoms with Gasteiger partial charge in [0.25, 0.3) is 0 Å². The quantitative estimate of drug-likeness (QED) is 0.865. The smallest absolute Gasteiger partial charge is 0.322 e. The molecule has 2 atom stereocenters. The summed E-state index contributed by atoms with van der Waals surface area (Å²) in [6.07, 6.45) is 1.91. The highest BCUT2D eigenvalue weighted by Crippen LogP contribution is 2.26. The molecule has 0 radical (unpaired) electrons. The Morgan fingerprint density at radius 3 is 3.05 bits per heavy atom. The number of aliphatic hydroxyl groups is 1. The summed E-state index contributed by atoms with van der Waals surface area (Å²) >= 11 is 3.28. The average molecular weight is 345 g/mol. The number of nitrogens with zero attached hydrogens (tertiary/aromatic N) is 1. The van der Waals surface area contributed by atoms with Gasteiger partial charge in [0.2, 0.25) is 0 Å². The number of hydrogen-bond donors (Lipinski definition) is 2. The van der Waals surface area contributed by atoms with E-state index in [4.69, 9.17) is 0 Å². The molecule has 0 aliphatic carbocycles. The van der Waals surface area contributed by atoms with Crippen LogP contribution >= 0.6 is 15.9 Å². The van der Waals surface area contributed by atoms with Crippen molar-refractivity contribution in [2.24, 2.45) is 5.92 Å². The van der Waals surface area contributed by atoms with E-state index in [0.717, 1.165) is 12.8 Å². The molecule has 0 bridgehead atoms. The molecule has 1 aliphatic heterocycles. The number of hydrogen-bond acceptors (Lipinski definition) is 2. The molecule has 0 spiro atoms. The molecule has 2 unspecified atom stereocenters. The van der Waals surface area contributed by atoms with Crippen LogP contribution in [0, 0.1) is 11.7 Å². The van der Waals surface area contributed by atoms with Crippen molar-refractivity contribution in [3.63, 3.8) is 0 Å². The highest BCUT2D eigenvalue weighted by Gasteiger charge is 2.31. The van der Waals surface area contributed by atoms with Crippen molar-refractivity contribution in [1.29, 1.82) is 0 Å². The first-order chi connectivity index (χ1) is 9.52.